The molecule has 0 aliphatic heterocycles. The number of hydrogen-bond acceptors (Lipinski definition) is 2. The SMILES string of the molecule is CCOCCN(CC)C(=O)c1cccc(Br)c1F. The van der Waals surface area contributed by atoms with E-state index in [9.17, 15) is 9.18 Å². The fourth-order valence-corrected chi connectivity index (χ4v) is 1.93. The average Bonchev–Trinajstić information content (AvgIpc) is 2.37. The van der Waals surface area contributed by atoms with Crippen LogP contribution in [-0.2, 0) is 4.74 Å². The second-order valence-electron chi connectivity index (χ2n) is 3.68. The quantitative estimate of drug-likeness (QED) is 0.755. The Morgan fingerprint density at radius 2 is 2.17 bits per heavy atom. The lowest BCUT2D eigenvalue weighted by Gasteiger charge is -2.21. The molecule has 0 atom stereocenters. The molecule has 0 saturated heterocycles. The zero-order chi connectivity index (χ0) is 13.5. The summed E-state index contributed by atoms with van der Waals surface area (Å²) in [7, 11) is 0. The number of halogens is 2. The number of amides is 1. The van der Waals surface area contributed by atoms with Crippen molar-refractivity contribution in [1.29, 1.82) is 0 Å². The van der Waals surface area contributed by atoms with Crippen molar-refractivity contribution in [3.63, 3.8) is 0 Å². The molecule has 0 heterocycles. The van der Waals surface area contributed by atoms with Gasteiger partial charge in [0, 0.05) is 19.7 Å². The first kappa shape index (κ1) is 15.1. The first-order valence-corrected chi connectivity index (χ1v) is 6.72. The van der Waals surface area contributed by atoms with Gasteiger partial charge in [-0.15, -0.1) is 0 Å². The fourth-order valence-electron chi connectivity index (χ4n) is 1.56. The highest BCUT2D eigenvalue weighted by atomic mass is 79.9. The van der Waals surface area contributed by atoms with Crippen LogP contribution in [0.1, 0.15) is 24.2 Å². The van der Waals surface area contributed by atoms with Crippen molar-refractivity contribution in [2.45, 2.75) is 13.8 Å². The van der Waals surface area contributed by atoms with E-state index in [0.29, 0.717) is 30.8 Å². The Morgan fingerprint density at radius 1 is 1.44 bits per heavy atom. The van der Waals surface area contributed by atoms with E-state index in [-0.39, 0.29) is 11.5 Å². The van der Waals surface area contributed by atoms with E-state index < -0.39 is 5.82 Å². The van der Waals surface area contributed by atoms with Gasteiger partial charge in [-0.3, -0.25) is 4.79 Å². The van der Waals surface area contributed by atoms with Crippen LogP contribution in [0.15, 0.2) is 22.7 Å². The summed E-state index contributed by atoms with van der Waals surface area (Å²) in [4.78, 5) is 13.7. The lowest BCUT2D eigenvalue weighted by atomic mass is 10.2. The molecule has 0 radical (unpaired) electrons. The van der Waals surface area contributed by atoms with Crippen LogP contribution in [0.4, 0.5) is 4.39 Å². The molecule has 100 valence electrons. The van der Waals surface area contributed by atoms with Crippen molar-refractivity contribution in [3.05, 3.63) is 34.1 Å². The van der Waals surface area contributed by atoms with Crippen LogP contribution in [0.3, 0.4) is 0 Å². The molecule has 0 spiro atoms. The summed E-state index contributed by atoms with van der Waals surface area (Å²) >= 11 is 3.08. The van der Waals surface area contributed by atoms with E-state index in [1.807, 2.05) is 13.8 Å². The smallest absolute Gasteiger partial charge is 0.256 e. The van der Waals surface area contributed by atoms with Crippen molar-refractivity contribution in [2.24, 2.45) is 0 Å². The van der Waals surface area contributed by atoms with Gasteiger partial charge < -0.3 is 9.64 Å². The Morgan fingerprint density at radius 3 is 2.78 bits per heavy atom. The Kier molecular flexibility index (Phi) is 6.29. The van der Waals surface area contributed by atoms with Crippen LogP contribution in [0.25, 0.3) is 0 Å². The predicted molar refractivity (Wildman–Crippen MR) is 72.2 cm³/mol. The lowest BCUT2D eigenvalue weighted by Crippen LogP contribution is -2.34. The molecule has 1 aromatic rings. The van der Waals surface area contributed by atoms with E-state index in [1.165, 1.54) is 6.07 Å². The van der Waals surface area contributed by atoms with Crippen molar-refractivity contribution >= 4 is 21.8 Å². The largest absolute Gasteiger partial charge is 0.380 e. The summed E-state index contributed by atoms with van der Waals surface area (Å²) in [6.07, 6.45) is 0. The van der Waals surface area contributed by atoms with Gasteiger partial charge in [0.25, 0.3) is 5.91 Å². The molecule has 0 aliphatic rings. The summed E-state index contributed by atoms with van der Waals surface area (Å²) < 4.78 is 19.3. The minimum absolute atomic E-state index is 0.0859. The third-order valence-corrected chi connectivity index (χ3v) is 3.17. The number of carbonyl (C=O) groups is 1. The molecule has 0 saturated carbocycles. The van der Waals surface area contributed by atoms with Crippen LogP contribution in [0.2, 0.25) is 0 Å². The minimum Gasteiger partial charge on any atom is -0.380 e. The second kappa shape index (κ2) is 7.48. The van der Waals surface area contributed by atoms with Crippen molar-refractivity contribution in [1.82, 2.24) is 4.90 Å². The third kappa shape index (κ3) is 3.78. The zero-order valence-electron chi connectivity index (χ0n) is 10.6. The van der Waals surface area contributed by atoms with E-state index in [1.54, 1.807) is 17.0 Å². The molecule has 0 N–H and O–H groups in total. The summed E-state index contributed by atoms with van der Waals surface area (Å²) in [6.45, 7) is 5.82. The highest BCUT2D eigenvalue weighted by Crippen LogP contribution is 2.19. The maximum atomic E-state index is 13.8. The first-order chi connectivity index (χ1) is 8.61. The molecular formula is C13H17BrFNO2. The van der Waals surface area contributed by atoms with Crippen molar-refractivity contribution < 1.29 is 13.9 Å². The third-order valence-electron chi connectivity index (χ3n) is 2.56. The topological polar surface area (TPSA) is 29.5 Å². The first-order valence-electron chi connectivity index (χ1n) is 5.92. The van der Waals surface area contributed by atoms with Crippen LogP contribution in [0.5, 0.6) is 0 Å². The summed E-state index contributed by atoms with van der Waals surface area (Å²) in [5.74, 6) is -0.826. The molecule has 1 rings (SSSR count). The van der Waals surface area contributed by atoms with Gasteiger partial charge in [-0.1, -0.05) is 6.07 Å². The van der Waals surface area contributed by atoms with Gasteiger partial charge in [0.05, 0.1) is 16.6 Å². The maximum Gasteiger partial charge on any atom is 0.256 e. The number of nitrogens with zero attached hydrogens (tertiary/aromatic N) is 1. The molecule has 5 heteroatoms. The number of benzene rings is 1. The Balaban J connectivity index is 2.80. The van der Waals surface area contributed by atoms with Gasteiger partial charge in [-0.05, 0) is 41.9 Å². The minimum atomic E-state index is -0.516. The van der Waals surface area contributed by atoms with E-state index in [2.05, 4.69) is 15.9 Å². The highest BCUT2D eigenvalue weighted by molar-refractivity contribution is 9.10. The molecule has 0 aliphatic carbocycles. The number of carbonyl (C=O) groups excluding carboxylic acids is 1. The van der Waals surface area contributed by atoms with E-state index >= 15 is 0 Å². The van der Waals surface area contributed by atoms with E-state index in [4.69, 9.17) is 4.74 Å². The summed E-state index contributed by atoms with van der Waals surface area (Å²) in [5, 5.41) is 0. The van der Waals surface area contributed by atoms with Crippen molar-refractivity contribution in [3.8, 4) is 0 Å². The Bertz CT molecular complexity index is 412. The van der Waals surface area contributed by atoms with Crippen molar-refractivity contribution in [2.75, 3.05) is 26.3 Å². The van der Waals surface area contributed by atoms with Crippen LogP contribution < -0.4 is 0 Å². The molecule has 0 unspecified atom stereocenters. The molecule has 18 heavy (non-hydrogen) atoms. The number of ether oxygens (including phenoxy) is 1. The molecule has 0 aromatic heterocycles. The van der Waals surface area contributed by atoms with Gasteiger partial charge in [-0.2, -0.15) is 0 Å². The standard InChI is InChI=1S/C13H17BrFNO2/c1-3-16(8-9-18-4-2)13(17)10-6-5-7-11(14)12(10)15/h5-7H,3-4,8-9H2,1-2H3. The monoisotopic (exact) mass is 317 g/mol. The maximum absolute atomic E-state index is 13.8. The molecule has 1 aromatic carbocycles. The lowest BCUT2D eigenvalue weighted by molar-refractivity contribution is 0.0664. The van der Waals surface area contributed by atoms with Crippen LogP contribution in [-0.4, -0.2) is 37.1 Å². The normalized spacial score (nSPS) is 10.4. The Hall–Kier alpha value is -0.940. The average molecular weight is 318 g/mol. The van der Waals surface area contributed by atoms with Crippen LogP contribution >= 0.6 is 15.9 Å². The molecule has 3 nitrogen and oxygen atoms in total. The number of hydrogen-bond donors (Lipinski definition) is 0. The van der Waals surface area contributed by atoms with Gasteiger partial charge in [0.1, 0.15) is 5.82 Å². The number of rotatable bonds is 6. The molecular weight excluding hydrogens is 301 g/mol. The second-order valence-corrected chi connectivity index (χ2v) is 4.54. The zero-order valence-corrected chi connectivity index (χ0v) is 12.2. The van der Waals surface area contributed by atoms with Gasteiger partial charge in [0.2, 0.25) is 0 Å². The Labute approximate surface area is 115 Å². The van der Waals surface area contributed by atoms with Crippen LogP contribution in [0, 0.1) is 5.82 Å². The van der Waals surface area contributed by atoms with Gasteiger partial charge in [0.15, 0.2) is 0 Å². The van der Waals surface area contributed by atoms with Gasteiger partial charge in [-0.25, -0.2) is 4.39 Å². The predicted octanol–water partition coefficient (Wildman–Crippen LogP) is 3.09. The highest BCUT2D eigenvalue weighted by Gasteiger charge is 2.19. The molecule has 1 amide bonds. The van der Waals surface area contributed by atoms with E-state index in [0.717, 1.165) is 0 Å². The molecule has 0 fully saturated rings. The fraction of sp³-hybridized carbons (Fsp3) is 0.462. The summed E-state index contributed by atoms with van der Waals surface area (Å²) in [5.41, 5.74) is 0.0859. The number of likely N-dealkylation sites (N-methyl/N-ethyl adjacent to an activating group) is 1. The molecule has 0 bridgehead atoms. The van der Waals surface area contributed by atoms with Gasteiger partial charge >= 0.3 is 0 Å². The summed E-state index contributed by atoms with van der Waals surface area (Å²) in [6, 6.07) is 4.71.